The number of alkyl halides is 3. The summed E-state index contributed by atoms with van der Waals surface area (Å²) in [5, 5.41) is 10.6. The summed E-state index contributed by atoms with van der Waals surface area (Å²) in [6.45, 7) is 3.61. The number of morpholine rings is 1. The maximum absolute atomic E-state index is 12.8. The van der Waals surface area contributed by atoms with Crippen LogP contribution in [0.4, 0.5) is 19.0 Å². The van der Waals surface area contributed by atoms with Crippen LogP contribution in [0.2, 0.25) is 0 Å². The van der Waals surface area contributed by atoms with E-state index in [1.54, 1.807) is 6.07 Å². The molecule has 1 atom stereocenters. The van der Waals surface area contributed by atoms with Crippen LogP contribution in [-0.2, 0) is 10.9 Å². The Morgan fingerprint density at radius 1 is 1.30 bits per heavy atom. The van der Waals surface area contributed by atoms with E-state index in [9.17, 15) is 13.2 Å². The second-order valence-corrected chi connectivity index (χ2v) is 4.61. The predicted octanol–water partition coefficient (Wildman–Crippen LogP) is 1.37. The first-order valence-electron chi connectivity index (χ1n) is 6.11. The lowest BCUT2D eigenvalue weighted by molar-refractivity contribution is -0.146. The molecule has 1 saturated heterocycles. The largest absolute Gasteiger partial charge is 0.453 e. The van der Waals surface area contributed by atoms with Gasteiger partial charge in [-0.15, -0.1) is 15.3 Å². The van der Waals surface area contributed by atoms with Crippen LogP contribution in [0.25, 0.3) is 5.65 Å². The second kappa shape index (κ2) is 4.58. The summed E-state index contributed by atoms with van der Waals surface area (Å²) >= 11 is 0. The molecule has 0 N–H and O–H groups in total. The van der Waals surface area contributed by atoms with Crippen molar-refractivity contribution >= 4 is 11.5 Å². The van der Waals surface area contributed by atoms with Gasteiger partial charge in [-0.3, -0.25) is 0 Å². The minimum absolute atomic E-state index is 0.0178. The summed E-state index contributed by atoms with van der Waals surface area (Å²) in [7, 11) is 0. The monoisotopic (exact) mass is 287 g/mol. The molecule has 108 valence electrons. The summed E-state index contributed by atoms with van der Waals surface area (Å²) in [5.74, 6) is -0.659. The van der Waals surface area contributed by atoms with Crippen molar-refractivity contribution in [3.8, 4) is 0 Å². The van der Waals surface area contributed by atoms with Gasteiger partial charge in [-0.25, -0.2) is 0 Å². The Hall–Kier alpha value is -1.90. The highest BCUT2D eigenvalue weighted by atomic mass is 19.4. The zero-order valence-electron chi connectivity index (χ0n) is 10.6. The van der Waals surface area contributed by atoms with Crippen LogP contribution in [0.5, 0.6) is 0 Å². The fourth-order valence-corrected chi connectivity index (χ4v) is 2.15. The van der Waals surface area contributed by atoms with Gasteiger partial charge in [-0.05, 0) is 19.1 Å². The standard InChI is InChI=1S/C11H12F3N5O/c1-7-6-18(4-5-20-7)9-3-2-8-15-16-10(11(12,13)14)19(8)17-9/h2-3,7H,4-6H2,1H3/t7-/m0/s1. The number of halogens is 3. The molecule has 0 bridgehead atoms. The molecular formula is C11H12F3N5O. The maximum Gasteiger partial charge on any atom is 0.453 e. The molecule has 0 unspecified atom stereocenters. The first-order valence-corrected chi connectivity index (χ1v) is 6.11. The molecule has 1 fully saturated rings. The minimum Gasteiger partial charge on any atom is -0.375 e. The van der Waals surface area contributed by atoms with Gasteiger partial charge in [0.2, 0.25) is 0 Å². The van der Waals surface area contributed by atoms with Gasteiger partial charge in [0.25, 0.3) is 5.82 Å². The lowest BCUT2D eigenvalue weighted by Crippen LogP contribution is -2.41. The van der Waals surface area contributed by atoms with E-state index in [1.165, 1.54) is 6.07 Å². The van der Waals surface area contributed by atoms with Gasteiger partial charge >= 0.3 is 6.18 Å². The van der Waals surface area contributed by atoms with Gasteiger partial charge in [0.1, 0.15) is 5.82 Å². The molecule has 2 aromatic rings. The van der Waals surface area contributed by atoms with Crippen LogP contribution in [0.15, 0.2) is 12.1 Å². The maximum atomic E-state index is 12.8. The van der Waals surface area contributed by atoms with E-state index in [1.807, 2.05) is 11.8 Å². The number of hydrogen-bond acceptors (Lipinski definition) is 5. The average molecular weight is 287 g/mol. The lowest BCUT2D eigenvalue weighted by Gasteiger charge is -2.31. The number of nitrogens with zero attached hydrogens (tertiary/aromatic N) is 5. The van der Waals surface area contributed by atoms with Crippen molar-refractivity contribution in [2.24, 2.45) is 0 Å². The van der Waals surface area contributed by atoms with Gasteiger partial charge in [0.05, 0.1) is 12.7 Å². The molecule has 20 heavy (non-hydrogen) atoms. The molecule has 3 rings (SSSR count). The van der Waals surface area contributed by atoms with E-state index in [2.05, 4.69) is 15.3 Å². The molecule has 0 aliphatic carbocycles. The lowest BCUT2D eigenvalue weighted by atomic mass is 10.3. The first kappa shape index (κ1) is 13.1. The highest BCUT2D eigenvalue weighted by molar-refractivity contribution is 5.46. The molecule has 0 saturated carbocycles. The van der Waals surface area contributed by atoms with Crippen molar-refractivity contribution in [1.82, 2.24) is 19.8 Å². The molecule has 1 aliphatic heterocycles. The molecule has 3 heterocycles. The summed E-state index contributed by atoms with van der Waals surface area (Å²) < 4.78 is 44.5. The predicted molar refractivity (Wildman–Crippen MR) is 63.4 cm³/mol. The van der Waals surface area contributed by atoms with Gasteiger partial charge in [-0.2, -0.15) is 17.7 Å². The third-order valence-electron chi connectivity index (χ3n) is 3.07. The Morgan fingerprint density at radius 3 is 2.80 bits per heavy atom. The number of hydrogen-bond donors (Lipinski definition) is 0. The molecule has 0 amide bonds. The van der Waals surface area contributed by atoms with E-state index in [4.69, 9.17) is 4.74 Å². The van der Waals surface area contributed by atoms with Crippen molar-refractivity contribution in [2.75, 3.05) is 24.6 Å². The van der Waals surface area contributed by atoms with E-state index >= 15 is 0 Å². The smallest absolute Gasteiger partial charge is 0.375 e. The fourth-order valence-electron chi connectivity index (χ4n) is 2.15. The summed E-state index contributed by atoms with van der Waals surface area (Å²) in [5.41, 5.74) is 0.0717. The van der Waals surface area contributed by atoms with E-state index in [0.29, 0.717) is 25.5 Å². The van der Waals surface area contributed by atoms with Crippen LogP contribution >= 0.6 is 0 Å². The normalized spacial score (nSPS) is 20.6. The molecule has 0 aromatic carbocycles. The van der Waals surface area contributed by atoms with E-state index in [0.717, 1.165) is 4.52 Å². The minimum atomic E-state index is -4.58. The number of fused-ring (bicyclic) bond motifs is 1. The molecule has 0 spiro atoms. The number of aromatic nitrogens is 4. The number of anilines is 1. The van der Waals surface area contributed by atoms with Crippen LogP contribution in [0.3, 0.4) is 0 Å². The zero-order chi connectivity index (χ0) is 14.3. The van der Waals surface area contributed by atoms with Gasteiger partial charge in [0, 0.05) is 13.1 Å². The first-order chi connectivity index (χ1) is 9.45. The topological polar surface area (TPSA) is 55.6 Å². The van der Waals surface area contributed by atoms with Crippen LogP contribution in [0.1, 0.15) is 12.7 Å². The van der Waals surface area contributed by atoms with Crippen molar-refractivity contribution < 1.29 is 17.9 Å². The molecule has 2 aromatic heterocycles. The van der Waals surface area contributed by atoms with Crippen LogP contribution in [0, 0.1) is 0 Å². The molecule has 1 aliphatic rings. The Bertz CT molecular complexity index is 626. The average Bonchev–Trinajstić information content (AvgIpc) is 2.81. The third-order valence-corrected chi connectivity index (χ3v) is 3.07. The molecule has 0 radical (unpaired) electrons. The second-order valence-electron chi connectivity index (χ2n) is 4.61. The van der Waals surface area contributed by atoms with Crippen molar-refractivity contribution in [2.45, 2.75) is 19.2 Å². The molecule has 6 nitrogen and oxygen atoms in total. The highest BCUT2D eigenvalue weighted by Crippen LogP contribution is 2.28. The molecular weight excluding hydrogens is 275 g/mol. The zero-order valence-corrected chi connectivity index (χ0v) is 10.6. The van der Waals surface area contributed by atoms with Crippen molar-refractivity contribution in [3.63, 3.8) is 0 Å². The fraction of sp³-hybridized carbons (Fsp3) is 0.545. The third kappa shape index (κ3) is 2.28. The van der Waals surface area contributed by atoms with Gasteiger partial charge in [0.15, 0.2) is 5.65 Å². The molecule has 9 heteroatoms. The summed E-state index contributed by atoms with van der Waals surface area (Å²) in [4.78, 5) is 1.88. The number of ether oxygens (including phenoxy) is 1. The summed E-state index contributed by atoms with van der Waals surface area (Å²) in [6.07, 6.45) is -4.56. The highest BCUT2D eigenvalue weighted by Gasteiger charge is 2.37. The van der Waals surface area contributed by atoms with Crippen LogP contribution in [-0.4, -0.2) is 45.6 Å². The Labute approximate surface area is 112 Å². The van der Waals surface area contributed by atoms with Gasteiger partial charge in [-0.1, -0.05) is 0 Å². The summed E-state index contributed by atoms with van der Waals surface area (Å²) in [6, 6.07) is 3.12. The van der Waals surface area contributed by atoms with Gasteiger partial charge < -0.3 is 9.64 Å². The number of rotatable bonds is 1. The van der Waals surface area contributed by atoms with Crippen molar-refractivity contribution in [1.29, 1.82) is 0 Å². The Morgan fingerprint density at radius 2 is 2.10 bits per heavy atom. The SMILES string of the molecule is C[C@H]1CN(c2ccc3nnc(C(F)(F)F)n3n2)CCO1. The van der Waals surface area contributed by atoms with E-state index < -0.39 is 12.0 Å². The quantitative estimate of drug-likeness (QED) is 0.793. The Kier molecular flexibility index (Phi) is 3.00. The Balaban J connectivity index is 2.01. The van der Waals surface area contributed by atoms with Crippen molar-refractivity contribution in [3.05, 3.63) is 18.0 Å². The van der Waals surface area contributed by atoms with E-state index in [-0.39, 0.29) is 11.8 Å². The van der Waals surface area contributed by atoms with Crippen LogP contribution < -0.4 is 4.90 Å².